The SMILES string of the molecule is CCC(C)(C)OC(=O)OC[C@H](C)OC(=O)[C@@H](N)Cc1ccc(OC(=O)C(C)(C)C)c(OC(=O)C(C)(C)C)c1. The second-order valence-corrected chi connectivity index (χ2v) is 11.9. The maximum absolute atomic E-state index is 12.5. The number of ether oxygens (including phenoxy) is 5. The van der Waals surface area contributed by atoms with Crippen LogP contribution in [0.5, 0.6) is 11.5 Å². The summed E-state index contributed by atoms with van der Waals surface area (Å²) in [5.41, 5.74) is 4.35. The van der Waals surface area contributed by atoms with Crippen LogP contribution in [0.3, 0.4) is 0 Å². The van der Waals surface area contributed by atoms with Crippen molar-refractivity contribution in [2.75, 3.05) is 6.61 Å². The second kappa shape index (κ2) is 13.1. The summed E-state index contributed by atoms with van der Waals surface area (Å²) in [6.07, 6.45) is -0.951. The third-order valence-electron chi connectivity index (χ3n) is 5.36. The van der Waals surface area contributed by atoms with E-state index in [0.29, 0.717) is 12.0 Å². The number of benzene rings is 1. The number of hydrogen-bond donors (Lipinski definition) is 1. The Morgan fingerprint density at radius 3 is 1.89 bits per heavy atom. The van der Waals surface area contributed by atoms with Crippen LogP contribution < -0.4 is 15.2 Å². The standard InChI is InChI=1S/C28H43NO9/c1-11-28(9,10)38-25(33)34-16-17(2)35-22(30)19(29)14-18-12-13-20(36-23(31)26(3,4)5)21(15-18)37-24(32)27(6,7)8/h12-13,15,17,19H,11,14,16,29H2,1-10H3/t17-,19-/m0/s1. The van der Waals surface area contributed by atoms with E-state index in [9.17, 15) is 19.2 Å². The number of rotatable bonds is 10. The highest BCUT2D eigenvalue weighted by Crippen LogP contribution is 2.33. The highest BCUT2D eigenvalue weighted by Gasteiger charge is 2.29. The van der Waals surface area contributed by atoms with Crippen molar-refractivity contribution in [2.24, 2.45) is 16.6 Å². The van der Waals surface area contributed by atoms with Crippen molar-refractivity contribution in [1.82, 2.24) is 0 Å². The zero-order chi connectivity index (χ0) is 29.5. The van der Waals surface area contributed by atoms with Crippen molar-refractivity contribution in [1.29, 1.82) is 0 Å². The molecule has 0 radical (unpaired) electrons. The minimum Gasteiger partial charge on any atom is -0.458 e. The molecule has 38 heavy (non-hydrogen) atoms. The average Bonchev–Trinajstić information content (AvgIpc) is 2.77. The lowest BCUT2D eigenvalue weighted by Gasteiger charge is -2.23. The van der Waals surface area contributed by atoms with Gasteiger partial charge in [-0.05, 0) is 92.9 Å². The predicted octanol–water partition coefficient (Wildman–Crippen LogP) is 4.73. The van der Waals surface area contributed by atoms with E-state index in [0.717, 1.165) is 0 Å². The Labute approximate surface area is 225 Å². The average molecular weight is 538 g/mol. The molecule has 2 atom stereocenters. The fourth-order valence-electron chi connectivity index (χ4n) is 2.52. The molecule has 10 nitrogen and oxygen atoms in total. The van der Waals surface area contributed by atoms with Crippen molar-refractivity contribution in [3.05, 3.63) is 23.8 Å². The quantitative estimate of drug-likeness (QED) is 0.329. The lowest BCUT2D eigenvalue weighted by atomic mass is 9.97. The lowest BCUT2D eigenvalue weighted by molar-refractivity contribution is -0.152. The van der Waals surface area contributed by atoms with Crippen molar-refractivity contribution >= 4 is 24.1 Å². The first-order chi connectivity index (χ1) is 17.2. The van der Waals surface area contributed by atoms with E-state index in [1.165, 1.54) is 12.1 Å². The molecule has 0 aliphatic carbocycles. The van der Waals surface area contributed by atoms with E-state index >= 15 is 0 Å². The summed E-state index contributed by atoms with van der Waals surface area (Å²) in [6.45, 7) is 17.0. The van der Waals surface area contributed by atoms with Crippen LogP contribution in [0.2, 0.25) is 0 Å². The van der Waals surface area contributed by atoms with Gasteiger partial charge in [-0.2, -0.15) is 0 Å². The van der Waals surface area contributed by atoms with Crippen molar-refractivity contribution < 1.29 is 42.9 Å². The third kappa shape index (κ3) is 11.1. The maximum Gasteiger partial charge on any atom is 0.508 e. The zero-order valence-electron chi connectivity index (χ0n) is 24.3. The molecule has 0 fully saturated rings. The first kappa shape index (κ1) is 32.9. The van der Waals surface area contributed by atoms with Gasteiger partial charge >= 0.3 is 24.1 Å². The molecule has 0 saturated carbocycles. The molecule has 1 aromatic carbocycles. The van der Waals surface area contributed by atoms with Crippen LogP contribution in [-0.2, 0) is 35.0 Å². The predicted molar refractivity (Wildman–Crippen MR) is 141 cm³/mol. The van der Waals surface area contributed by atoms with Gasteiger partial charge in [0.15, 0.2) is 11.5 Å². The van der Waals surface area contributed by atoms with Crippen LogP contribution in [0.1, 0.15) is 81.2 Å². The Hall–Kier alpha value is -3.14. The fraction of sp³-hybridized carbons (Fsp3) is 0.643. The first-order valence-corrected chi connectivity index (χ1v) is 12.6. The van der Waals surface area contributed by atoms with Gasteiger partial charge in [-0.1, -0.05) is 13.0 Å². The van der Waals surface area contributed by atoms with E-state index in [-0.39, 0.29) is 24.5 Å². The summed E-state index contributed by atoms with van der Waals surface area (Å²) in [7, 11) is 0. The summed E-state index contributed by atoms with van der Waals surface area (Å²) in [4.78, 5) is 49.3. The minimum absolute atomic E-state index is 0.0378. The van der Waals surface area contributed by atoms with Gasteiger partial charge in [0.05, 0.1) is 10.8 Å². The van der Waals surface area contributed by atoms with E-state index < -0.39 is 52.6 Å². The van der Waals surface area contributed by atoms with Gasteiger partial charge in [0.2, 0.25) is 0 Å². The van der Waals surface area contributed by atoms with Crippen molar-refractivity contribution in [3.8, 4) is 11.5 Å². The number of hydrogen-bond acceptors (Lipinski definition) is 10. The second-order valence-electron chi connectivity index (χ2n) is 11.9. The van der Waals surface area contributed by atoms with Crippen molar-refractivity contribution in [2.45, 2.75) is 99.8 Å². The van der Waals surface area contributed by atoms with E-state index in [1.54, 1.807) is 68.4 Å². The maximum atomic E-state index is 12.5. The van der Waals surface area contributed by atoms with E-state index in [1.807, 2.05) is 6.92 Å². The van der Waals surface area contributed by atoms with Crippen LogP contribution in [-0.4, -0.2) is 48.4 Å². The number of esters is 3. The van der Waals surface area contributed by atoms with Gasteiger partial charge in [-0.25, -0.2) is 4.79 Å². The largest absolute Gasteiger partial charge is 0.508 e. The molecule has 1 aromatic rings. The molecule has 0 heterocycles. The lowest BCUT2D eigenvalue weighted by Crippen LogP contribution is -2.37. The van der Waals surface area contributed by atoms with Crippen LogP contribution in [0.4, 0.5) is 4.79 Å². The Balaban J connectivity index is 2.90. The molecule has 10 heteroatoms. The molecule has 0 aliphatic heterocycles. The highest BCUT2D eigenvalue weighted by molar-refractivity contribution is 5.81. The number of carbonyl (C=O) groups excluding carboxylic acids is 4. The van der Waals surface area contributed by atoms with Gasteiger partial charge in [0, 0.05) is 0 Å². The smallest absolute Gasteiger partial charge is 0.458 e. The van der Waals surface area contributed by atoms with E-state index in [2.05, 4.69) is 0 Å². The van der Waals surface area contributed by atoms with Crippen LogP contribution in [0, 0.1) is 10.8 Å². The number of nitrogens with two attached hydrogens (primary N) is 1. The topological polar surface area (TPSA) is 140 Å². The van der Waals surface area contributed by atoms with Gasteiger partial charge in [0.1, 0.15) is 24.4 Å². The fourth-order valence-corrected chi connectivity index (χ4v) is 2.52. The number of carbonyl (C=O) groups is 4. The summed E-state index contributed by atoms with van der Waals surface area (Å²) in [5.74, 6) is -1.62. The Morgan fingerprint density at radius 1 is 0.868 bits per heavy atom. The zero-order valence-corrected chi connectivity index (χ0v) is 24.3. The molecule has 2 N–H and O–H groups in total. The Kier molecular flexibility index (Phi) is 11.3. The molecule has 0 spiro atoms. The van der Waals surface area contributed by atoms with Crippen LogP contribution in [0.25, 0.3) is 0 Å². The molecular formula is C28H43NO9. The van der Waals surface area contributed by atoms with Gasteiger partial charge in [-0.3, -0.25) is 14.4 Å². The molecule has 0 saturated heterocycles. The Morgan fingerprint density at radius 2 is 1.39 bits per heavy atom. The summed E-state index contributed by atoms with van der Waals surface area (Å²) < 4.78 is 26.5. The van der Waals surface area contributed by atoms with E-state index in [4.69, 9.17) is 29.4 Å². The summed E-state index contributed by atoms with van der Waals surface area (Å²) in [6, 6.07) is 3.55. The molecule has 214 valence electrons. The molecule has 0 aliphatic rings. The van der Waals surface area contributed by atoms with Gasteiger partial charge in [-0.15, -0.1) is 0 Å². The first-order valence-electron chi connectivity index (χ1n) is 12.6. The summed E-state index contributed by atoms with van der Waals surface area (Å²) >= 11 is 0. The molecule has 1 rings (SSSR count). The highest BCUT2D eigenvalue weighted by atomic mass is 16.7. The Bertz CT molecular complexity index is 1000. The molecule has 0 bridgehead atoms. The molecule has 0 amide bonds. The van der Waals surface area contributed by atoms with Gasteiger partial charge in [0.25, 0.3) is 0 Å². The summed E-state index contributed by atoms with van der Waals surface area (Å²) in [5, 5.41) is 0. The molecule has 0 aromatic heterocycles. The normalized spacial score (nSPS) is 13.7. The monoisotopic (exact) mass is 537 g/mol. The van der Waals surface area contributed by atoms with Crippen molar-refractivity contribution in [3.63, 3.8) is 0 Å². The van der Waals surface area contributed by atoms with Gasteiger partial charge < -0.3 is 29.4 Å². The molecular weight excluding hydrogens is 494 g/mol. The third-order valence-corrected chi connectivity index (χ3v) is 5.36. The molecule has 0 unspecified atom stereocenters. The minimum atomic E-state index is -1.06. The van der Waals surface area contributed by atoms with Crippen LogP contribution >= 0.6 is 0 Å². The van der Waals surface area contributed by atoms with Crippen LogP contribution in [0.15, 0.2) is 18.2 Å².